The molecule has 0 bridgehead atoms. The molecule has 0 spiro atoms. The fourth-order valence-electron chi connectivity index (χ4n) is 3.78. The molecule has 0 saturated heterocycles. The Bertz CT molecular complexity index is 447. The van der Waals surface area contributed by atoms with Crippen molar-refractivity contribution >= 4 is 0 Å². The second-order valence-electron chi connectivity index (χ2n) is 7.66. The van der Waals surface area contributed by atoms with Crippen molar-refractivity contribution in [3.8, 4) is 0 Å². The van der Waals surface area contributed by atoms with Gasteiger partial charge in [0.15, 0.2) is 0 Å². The third kappa shape index (κ3) is 3.05. The van der Waals surface area contributed by atoms with Crippen molar-refractivity contribution in [3.63, 3.8) is 0 Å². The van der Waals surface area contributed by atoms with Crippen LogP contribution in [0.2, 0.25) is 0 Å². The number of aromatic nitrogens is 3. The number of aliphatic hydroxyl groups is 1. The van der Waals surface area contributed by atoms with Crippen molar-refractivity contribution in [1.82, 2.24) is 14.8 Å². The Labute approximate surface area is 122 Å². The van der Waals surface area contributed by atoms with Crippen molar-refractivity contribution in [2.24, 2.45) is 11.3 Å². The zero-order chi connectivity index (χ0) is 15.0. The molecule has 2 atom stereocenters. The van der Waals surface area contributed by atoms with E-state index in [2.05, 4.69) is 44.7 Å². The van der Waals surface area contributed by atoms with E-state index < -0.39 is 5.60 Å². The van der Waals surface area contributed by atoms with Crippen LogP contribution in [0.25, 0.3) is 0 Å². The highest BCUT2D eigenvalue weighted by molar-refractivity contribution is 5.03. The topological polar surface area (TPSA) is 50.9 Å². The summed E-state index contributed by atoms with van der Waals surface area (Å²) in [5.41, 5.74) is -0.520. The maximum atomic E-state index is 11.3. The predicted molar refractivity (Wildman–Crippen MR) is 80.5 cm³/mol. The maximum absolute atomic E-state index is 11.3. The molecule has 1 aromatic rings. The molecule has 0 amide bonds. The Balaban J connectivity index is 2.26. The molecular formula is C16H29N3O. The fraction of sp³-hybridized carbons (Fsp3) is 0.875. The lowest BCUT2D eigenvalue weighted by Gasteiger charge is -2.46. The minimum atomic E-state index is -0.643. The largest absolute Gasteiger partial charge is 0.389 e. The van der Waals surface area contributed by atoms with Crippen LogP contribution in [0.3, 0.4) is 0 Å². The molecule has 20 heavy (non-hydrogen) atoms. The number of hydrogen-bond acceptors (Lipinski definition) is 3. The van der Waals surface area contributed by atoms with Crippen LogP contribution in [-0.2, 0) is 6.42 Å². The van der Waals surface area contributed by atoms with Gasteiger partial charge in [-0.05, 0) is 38.0 Å². The fourth-order valence-corrected chi connectivity index (χ4v) is 3.78. The van der Waals surface area contributed by atoms with Crippen LogP contribution in [0.5, 0.6) is 0 Å². The molecule has 2 rings (SSSR count). The van der Waals surface area contributed by atoms with E-state index in [0.717, 1.165) is 25.1 Å². The van der Waals surface area contributed by atoms with Gasteiger partial charge >= 0.3 is 0 Å². The van der Waals surface area contributed by atoms with Crippen molar-refractivity contribution in [3.05, 3.63) is 12.2 Å². The van der Waals surface area contributed by atoms with Crippen LogP contribution < -0.4 is 0 Å². The van der Waals surface area contributed by atoms with E-state index in [1.807, 2.05) is 4.68 Å². The molecule has 4 heteroatoms. The van der Waals surface area contributed by atoms with E-state index in [4.69, 9.17) is 0 Å². The van der Waals surface area contributed by atoms with Crippen molar-refractivity contribution in [1.29, 1.82) is 0 Å². The van der Waals surface area contributed by atoms with Gasteiger partial charge in [0, 0.05) is 12.5 Å². The van der Waals surface area contributed by atoms with Gasteiger partial charge < -0.3 is 5.11 Å². The zero-order valence-corrected chi connectivity index (χ0v) is 13.6. The highest BCUT2D eigenvalue weighted by Gasteiger charge is 2.45. The molecule has 114 valence electrons. The maximum Gasteiger partial charge on any atom is 0.138 e. The molecule has 0 radical (unpaired) electrons. The van der Waals surface area contributed by atoms with Crippen LogP contribution in [0.15, 0.2) is 6.33 Å². The highest BCUT2D eigenvalue weighted by atomic mass is 16.3. The van der Waals surface area contributed by atoms with Crippen LogP contribution in [-0.4, -0.2) is 25.5 Å². The van der Waals surface area contributed by atoms with Crippen molar-refractivity contribution < 1.29 is 5.11 Å². The average molecular weight is 279 g/mol. The molecular weight excluding hydrogens is 250 g/mol. The van der Waals surface area contributed by atoms with E-state index in [9.17, 15) is 5.11 Å². The molecule has 0 aliphatic heterocycles. The lowest BCUT2D eigenvalue weighted by molar-refractivity contribution is -0.0906. The van der Waals surface area contributed by atoms with Gasteiger partial charge in [-0.15, -0.1) is 0 Å². The van der Waals surface area contributed by atoms with Crippen molar-refractivity contribution in [2.45, 2.75) is 78.4 Å². The average Bonchev–Trinajstić information content (AvgIpc) is 2.75. The van der Waals surface area contributed by atoms with Gasteiger partial charge in [0.1, 0.15) is 12.2 Å². The first-order valence-corrected chi connectivity index (χ1v) is 7.85. The van der Waals surface area contributed by atoms with Gasteiger partial charge in [-0.1, -0.05) is 33.6 Å². The molecule has 1 fully saturated rings. The SMILES string of the molecule is CC(C)n1ncnc1CC1(O)CCCCC1C(C)(C)C. The molecule has 1 saturated carbocycles. The third-order valence-corrected chi connectivity index (χ3v) is 4.65. The first-order valence-electron chi connectivity index (χ1n) is 7.85. The predicted octanol–water partition coefficient (Wildman–Crippen LogP) is 3.37. The minimum absolute atomic E-state index is 0.123. The van der Waals surface area contributed by atoms with Crippen LogP contribution in [0, 0.1) is 11.3 Å². The van der Waals surface area contributed by atoms with Crippen molar-refractivity contribution in [2.75, 3.05) is 0 Å². The zero-order valence-electron chi connectivity index (χ0n) is 13.6. The quantitative estimate of drug-likeness (QED) is 0.923. The molecule has 1 heterocycles. The molecule has 1 aliphatic rings. The Morgan fingerprint density at radius 1 is 1.40 bits per heavy atom. The summed E-state index contributed by atoms with van der Waals surface area (Å²) >= 11 is 0. The summed E-state index contributed by atoms with van der Waals surface area (Å²) in [4.78, 5) is 4.39. The summed E-state index contributed by atoms with van der Waals surface area (Å²) in [6.45, 7) is 10.9. The monoisotopic (exact) mass is 279 g/mol. The first kappa shape index (κ1) is 15.5. The van der Waals surface area contributed by atoms with Gasteiger partial charge in [0.2, 0.25) is 0 Å². The second-order valence-corrected chi connectivity index (χ2v) is 7.66. The van der Waals surface area contributed by atoms with E-state index >= 15 is 0 Å². The van der Waals surface area contributed by atoms with Crippen LogP contribution in [0.4, 0.5) is 0 Å². The molecule has 1 aliphatic carbocycles. The summed E-state index contributed by atoms with van der Waals surface area (Å²) in [5.74, 6) is 1.24. The van der Waals surface area contributed by atoms with E-state index in [1.54, 1.807) is 6.33 Å². The summed E-state index contributed by atoms with van der Waals surface area (Å²) in [7, 11) is 0. The molecule has 1 aromatic heterocycles. The standard InChI is InChI=1S/C16H29N3O/c1-12(2)19-14(17-11-18-19)10-16(20)9-7-6-8-13(16)15(3,4)5/h11-13,20H,6-10H2,1-5H3. The molecule has 4 nitrogen and oxygen atoms in total. The van der Waals surface area contributed by atoms with Crippen LogP contribution >= 0.6 is 0 Å². The van der Waals surface area contributed by atoms with Gasteiger partial charge in [-0.25, -0.2) is 9.67 Å². The van der Waals surface area contributed by atoms with Crippen LogP contribution in [0.1, 0.15) is 72.2 Å². The second kappa shape index (κ2) is 5.47. The molecule has 0 aromatic carbocycles. The normalized spacial score (nSPS) is 28.1. The van der Waals surface area contributed by atoms with E-state index in [0.29, 0.717) is 12.3 Å². The Hall–Kier alpha value is -0.900. The molecule has 1 N–H and O–H groups in total. The lowest BCUT2D eigenvalue weighted by Crippen LogP contribution is -2.49. The molecule has 2 unspecified atom stereocenters. The number of rotatable bonds is 3. The Morgan fingerprint density at radius 2 is 2.10 bits per heavy atom. The summed E-state index contributed by atoms with van der Waals surface area (Å²) in [5, 5.41) is 15.6. The number of nitrogens with zero attached hydrogens (tertiary/aromatic N) is 3. The van der Waals surface area contributed by atoms with Gasteiger partial charge in [-0.3, -0.25) is 0 Å². The summed E-state index contributed by atoms with van der Waals surface area (Å²) in [6.07, 6.45) is 6.54. The minimum Gasteiger partial charge on any atom is -0.389 e. The first-order chi connectivity index (χ1) is 9.24. The van der Waals surface area contributed by atoms with E-state index in [1.165, 1.54) is 6.42 Å². The Morgan fingerprint density at radius 3 is 2.70 bits per heavy atom. The van der Waals surface area contributed by atoms with Gasteiger partial charge in [0.05, 0.1) is 5.60 Å². The van der Waals surface area contributed by atoms with Gasteiger partial charge in [-0.2, -0.15) is 5.10 Å². The summed E-state index contributed by atoms with van der Waals surface area (Å²) < 4.78 is 1.94. The summed E-state index contributed by atoms with van der Waals surface area (Å²) in [6, 6.07) is 0.285. The lowest BCUT2D eigenvalue weighted by atomic mass is 9.62. The number of hydrogen-bond donors (Lipinski definition) is 1. The highest BCUT2D eigenvalue weighted by Crippen LogP contribution is 2.45. The Kier molecular flexibility index (Phi) is 4.24. The van der Waals surface area contributed by atoms with Gasteiger partial charge in [0.25, 0.3) is 0 Å². The smallest absolute Gasteiger partial charge is 0.138 e. The van der Waals surface area contributed by atoms with E-state index in [-0.39, 0.29) is 11.5 Å². The third-order valence-electron chi connectivity index (χ3n) is 4.65.